The van der Waals surface area contributed by atoms with Crippen LogP contribution in [-0.2, 0) is 24.3 Å². The summed E-state index contributed by atoms with van der Waals surface area (Å²) in [6.45, 7) is 1.13. The third kappa shape index (κ3) is 2.00. The van der Waals surface area contributed by atoms with Crippen molar-refractivity contribution in [3.8, 4) is 5.75 Å². The van der Waals surface area contributed by atoms with Crippen LogP contribution in [0.15, 0.2) is 23.1 Å². The van der Waals surface area contributed by atoms with E-state index in [0.717, 1.165) is 0 Å². The van der Waals surface area contributed by atoms with Crippen LogP contribution in [0.5, 0.6) is 5.75 Å². The Labute approximate surface area is 149 Å². The van der Waals surface area contributed by atoms with Gasteiger partial charge in [-0.3, -0.25) is 9.59 Å². The molecule has 0 bridgehead atoms. The zero-order chi connectivity index (χ0) is 18.1. The SMILES string of the molecule is O=C1COc2ccc(S(=O)(=O)N3CC[C@@]45OCCN4C(=O)C[C@@H]35)cc2N1. The average molecular weight is 379 g/mol. The largest absolute Gasteiger partial charge is 0.482 e. The fourth-order valence-corrected chi connectivity index (χ4v) is 6.08. The van der Waals surface area contributed by atoms with Crippen LogP contribution in [0.2, 0.25) is 0 Å². The van der Waals surface area contributed by atoms with Crippen molar-refractivity contribution >= 4 is 27.5 Å². The number of hydrogen-bond donors (Lipinski definition) is 1. The van der Waals surface area contributed by atoms with Gasteiger partial charge in [-0.2, -0.15) is 4.31 Å². The van der Waals surface area contributed by atoms with Crippen LogP contribution in [0.25, 0.3) is 0 Å². The molecule has 2 atom stereocenters. The first-order valence-corrected chi connectivity index (χ1v) is 9.89. The second-order valence-electron chi connectivity index (χ2n) is 6.82. The van der Waals surface area contributed by atoms with Crippen LogP contribution in [0.3, 0.4) is 0 Å². The summed E-state index contributed by atoms with van der Waals surface area (Å²) in [6, 6.07) is 3.87. The molecule has 4 aliphatic rings. The summed E-state index contributed by atoms with van der Waals surface area (Å²) in [7, 11) is -3.84. The zero-order valence-electron chi connectivity index (χ0n) is 13.8. The molecule has 1 aromatic carbocycles. The molecule has 5 rings (SSSR count). The lowest BCUT2D eigenvalue weighted by Crippen LogP contribution is -2.48. The number of nitrogens with one attached hydrogen (secondary N) is 1. The Kier molecular flexibility index (Phi) is 3.19. The molecule has 26 heavy (non-hydrogen) atoms. The number of anilines is 1. The molecule has 4 aliphatic heterocycles. The maximum Gasteiger partial charge on any atom is 0.262 e. The highest BCUT2D eigenvalue weighted by molar-refractivity contribution is 7.89. The molecule has 0 aliphatic carbocycles. The monoisotopic (exact) mass is 379 g/mol. The van der Waals surface area contributed by atoms with E-state index in [2.05, 4.69) is 5.32 Å². The van der Waals surface area contributed by atoms with Crippen molar-refractivity contribution in [1.82, 2.24) is 9.21 Å². The van der Waals surface area contributed by atoms with Crippen molar-refractivity contribution in [2.45, 2.75) is 29.5 Å². The van der Waals surface area contributed by atoms with Gasteiger partial charge in [-0.1, -0.05) is 0 Å². The van der Waals surface area contributed by atoms with Gasteiger partial charge in [-0.05, 0) is 18.2 Å². The van der Waals surface area contributed by atoms with E-state index in [4.69, 9.17) is 9.47 Å². The number of carbonyl (C=O) groups excluding carboxylic acids is 2. The van der Waals surface area contributed by atoms with Gasteiger partial charge in [0.2, 0.25) is 15.9 Å². The van der Waals surface area contributed by atoms with Gasteiger partial charge in [-0.15, -0.1) is 0 Å². The Hall–Kier alpha value is -2.17. The summed E-state index contributed by atoms with van der Waals surface area (Å²) in [5.74, 6) is 0.0323. The summed E-state index contributed by atoms with van der Waals surface area (Å²) >= 11 is 0. The lowest BCUT2D eigenvalue weighted by atomic mass is 10.1. The second kappa shape index (κ2) is 5.18. The Morgan fingerprint density at radius 1 is 1.23 bits per heavy atom. The van der Waals surface area contributed by atoms with Crippen LogP contribution >= 0.6 is 0 Å². The zero-order valence-corrected chi connectivity index (χ0v) is 14.6. The van der Waals surface area contributed by atoms with Gasteiger partial charge in [0.05, 0.1) is 23.2 Å². The lowest BCUT2D eigenvalue weighted by molar-refractivity contribution is -0.136. The van der Waals surface area contributed by atoms with E-state index in [1.54, 1.807) is 4.90 Å². The van der Waals surface area contributed by atoms with Gasteiger partial charge in [0.1, 0.15) is 5.75 Å². The molecule has 1 aromatic rings. The summed E-state index contributed by atoms with van der Waals surface area (Å²) in [5.41, 5.74) is -0.493. The van der Waals surface area contributed by atoms with Crippen molar-refractivity contribution in [2.24, 2.45) is 0 Å². The molecule has 0 saturated carbocycles. The number of ether oxygens (including phenoxy) is 2. The van der Waals surface area contributed by atoms with Gasteiger partial charge in [0.25, 0.3) is 5.91 Å². The van der Waals surface area contributed by atoms with Gasteiger partial charge in [0, 0.05) is 25.9 Å². The number of rotatable bonds is 2. The normalized spacial score (nSPS) is 30.6. The highest BCUT2D eigenvalue weighted by atomic mass is 32.2. The van der Waals surface area contributed by atoms with E-state index < -0.39 is 21.8 Å². The highest BCUT2D eigenvalue weighted by Crippen LogP contribution is 2.47. The minimum absolute atomic E-state index is 0.0583. The van der Waals surface area contributed by atoms with E-state index >= 15 is 0 Å². The van der Waals surface area contributed by atoms with Crippen molar-refractivity contribution in [1.29, 1.82) is 0 Å². The fraction of sp³-hybridized carbons (Fsp3) is 0.500. The molecular formula is C16H17N3O6S. The van der Waals surface area contributed by atoms with Crippen molar-refractivity contribution in [3.63, 3.8) is 0 Å². The molecule has 138 valence electrons. The van der Waals surface area contributed by atoms with E-state index in [0.29, 0.717) is 31.0 Å². The van der Waals surface area contributed by atoms with Crippen LogP contribution in [0, 0.1) is 0 Å². The van der Waals surface area contributed by atoms with Crippen molar-refractivity contribution in [2.75, 3.05) is 31.6 Å². The number of carbonyl (C=O) groups is 2. The third-order valence-corrected chi connectivity index (χ3v) is 7.45. The molecular weight excluding hydrogens is 362 g/mol. The number of hydrogen-bond acceptors (Lipinski definition) is 6. The summed E-state index contributed by atoms with van der Waals surface area (Å²) in [4.78, 5) is 25.5. The quantitative estimate of drug-likeness (QED) is 0.759. The van der Waals surface area contributed by atoms with Gasteiger partial charge >= 0.3 is 0 Å². The molecule has 0 radical (unpaired) electrons. The first-order chi connectivity index (χ1) is 12.4. The van der Waals surface area contributed by atoms with Crippen LogP contribution in [0.1, 0.15) is 12.8 Å². The number of nitrogens with zero attached hydrogens (tertiary/aromatic N) is 2. The summed E-state index contributed by atoms with van der Waals surface area (Å²) < 4.78 is 38.9. The van der Waals surface area contributed by atoms with E-state index in [-0.39, 0.29) is 36.3 Å². The average Bonchev–Trinajstić information content (AvgIpc) is 3.25. The molecule has 4 heterocycles. The number of amides is 2. The third-order valence-electron chi connectivity index (χ3n) is 5.54. The van der Waals surface area contributed by atoms with E-state index in [1.165, 1.54) is 22.5 Å². The standard InChI is InChI=1S/C16H17N3O6S/c20-14-9-24-12-2-1-10(7-11(12)17-14)26(22,23)19-4-3-16-13(19)8-15(21)18(16)5-6-25-16/h1-2,7,13H,3-6,8-9H2,(H,17,20)/t13-,16+/m1/s1. The Morgan fingerprint density at radius 2 is 2.08 bits per heavy atom. The summed E-state index contributed by atoms with van der Waals surface area (Å²) in [5, 5.41) is 2.62. The highest BCUT2D eigenvalue weighted by Gasteiger charge is 2.64. The van der Waals surface area contributed by atoms with Gasteiger partial charge in [-0.25, -0.2) is 8.42 Å². The molecule has 3 fully saturated rings. The molecule has 0 unspecified atom stereocenters. The molecule has 0 aromatic heterocycles. The summed E-state index contributed by atoms with van der Waals surface area (Å²) in [6.07, 6.45) is 0.595. The Balaban J connectivity index is 1.51. The van der Waals surface area contributed by atoms with Crippen molar-refractivity contribution < 1.29 is 27.5 Å². The maximum absolute atomic E-state index is 13.2. The number of fused-ring (bicyclic) bond motifs is 1. The number of sulfonamides is 1. The first-order valence-electron chi connectivity index (χ1n) is 8.45. The Morgan fingerprint density at radius 3 is 2.92 bits per heavy atom. The topological polar surface area (TPSA) is 105 Å². The molecule has 1 N–H and O–H groups in total. The van der Waals surface area contributed by atoms with Crippen molar-refractivity contribution in [3.05, 3.63) is 18.2 Å². The lowest BCUT2D eigenvalue weighted by Gasteiger charge is -2.31. The molecule has 1 spiro atoms. The van der Waals surface area contributed by atoms with Crippen LogP contribution in [0.4, 0.5) is 5.69 Å². The van der Waals surface area contributed by atoms with Crippen LogP contribution in [-0.4, -0.2) is 67.5 Å². The maximum atomic E-state index is 13.2. The molecule has 3 saturated heterocycles. The second-order valence-corrected chi connectivity index (χ2v) is 8.71. The predicted octanol–water partition coefficient (Wildman–Crippen LogP) is -0.261. The smallest absolute Gasteiger partial charge is 0.262 e. The van der Waals surface area contributed by atoms with Gasteiger partial charge in [0.15, 0.2) is 12.3 Å². The minimum atomic E-state index is -3.84. The first kappa shape index (κ1) is 16.0. The fourth-order valence-electron chi connectivity index (χ4n) is 4.40. The molecule has 9 nitrogen and oxygen atoms in total. The van der Waals surface area contributed by atoms with Crippen LogP contribution < -0.4 is 10.1 Å². The molecule has 10 heteroatoms. The number of benzene rings is 1. The predicted molar refractivity (Wildman–Crippen MR) is 87.9 cm³/mol. The minimum Gasteiger partial charge on any atom is -0.482 e. The van der Waals surface area contributed by atoms with Gasteiger partial charge < -0.3 is 19.7 Å². The van der Waals surface area contributed by atoms with E-state index in [9.17, 15) is 18.0 Å². The molecule has 2 amide bonds. The van der Waals surface area contributed by atoms with E-state index in [1.807, 2.05) is 0 Å². The Bertz CT molecular complexity index is 932.